The maximum Gasteiger partial charge on any atom is 0.322 e. The van der Waals surface area contributed by atoms with Gasteiger partial charge in [-0.25, -0.2) is 0 Å². The molecule has 0 fully saturated rings. The maximum atomic E-state index is 11.1. The van der Waals surface area contributed by atoms with E-state index in [4.69, 9.17) is 10.8 Å². The summed E-state index contributed by atoms with van der Waals surface area (Å²) in [6.45, 7) is 3.19. The minimum absolute atomic E-state index is 0.101. The molecule has 0 aromatic heterocycles. The number of allylic oxidation sites excluding steroid dienone is 1. The Kier molecular flexibility index (Phi) is 4.58. The van der Waals surface area contributed by atoms with Crippen LogP contribution in [0.5, 0.6) is 0 Å². The van der Waals surface area contributed by atoms with Crippen molar-refractivity contribution in [3.63, 3.8) is 0 Å². The molecule has 0 spiro atoms. The number of hydrogen-bond acceptors (Lipinski definition) is 3. The van der Waals surface area contributed by atoms with Gasteiger partial charge in [0.1, 0.15) is 6.54 Å². The predicted octanol–water partition coefficient (Wildman–Crippen LogP) is -0.170. The van der Waals surface area contributed by atoms with Gasteiger partial charge in [-0.1, -0.05) is 6.92 Å². The van der Waals surface area contributed by atoms with Crippen molar-refractivity contribution in [2.75, 3.05) is 6.54 Å². The molecule has 5 heteroatoms. The van der Waals surface area contributed by atoms with Crippen LogP contribution in [0, 0.1) is 0 Å². The summed E-state index contributed by atoms with van der Waals surface area (Å²) in [4.78, 5) is 21.2. The van der Waals surface area contributed by atoms with E-state index in [1.807, 2.05) is 6.92 Å². The number of nitrogens with two attached hydrogens (primary N) is 1. The Morgan fingerprint density at radius 2 is 2.00 bits per heavy atom. The third kappa shape index (κ3) is 4.15. The average Bonchev–Trinajstić information content (AvgIpc) is 2.11. The fraction of sp³-hybridized carbons (Fsp3) is 0.500. The van der Waals surface area contributed by atoms with Crippen molar-refractivity contribution in [2.24, 2.45) is 5.73 Å². The standard InChI is InChI=1S/C8H14N2O3/c1-3-5(2)7(9)8(13)10-4-6(11)12/h3-4,9H2,1-2H3,(H,10,13)(H,11,12)/b7-5+. The van der Waals surface area contributed by atoms with Crippen LogP contribution in [0.4, 0.5) is 0 Å². The summed E-state index contributed by atoms with van der Waals surface area (Å²) in [5.41, 5.74) is 6.29. The number of carboxylic acid groups (broad SMARTS) is 1. The second-order valence-corrected chi connectivity index (χ2v) is 2.62. The van der Waals surface area contributed by atoms with E-state index in [2.05, 4.69) is 5.32 Å². The molecule has 4 N–H and O–H groups in total. The van der Waals surface area contributed by atoms with E-state index in [1.165, 1.54) is 0 Å². The van der Waals surface area contributed by atoms with Gasteiger partial charge in [0.2, 0.25) is 0 Å². The van der Waals surface area contributed by atoms with Crippen LogP contribution in [-0.4, -0.2) is 23.5 Å². The Morgan fingerprint density at radius 3 is 2.38 bits per heavy atom. The van der Waals surface area contributed by atoms with Gasteiger partial charge < -0.3 is 16.2 Å². The highest BCUT2D eigenvalue weighted by molar-refractivity contribution is 5.94. The first-order valence-corrected chi connectivity index (χ1v) is 3.94. The number of hydrogen-bond donors (Lipinski definition) is 3. The predicted molar refractivity (Wildman–Crippen MR) is 47.8 cm³/mol. The van der Waals surface area contributed by atoms with Gasteiger partial charge in [-0.3, -0.25) is 9.59 Å². The Labute approximate surface area is 76.6 Å². The molecule has 0 aromatic rings. The molecular weight excluding hydrogens is 172 g/mol. The van der Waals surface area contributed by atoms with Crippen molar-refractivity contribution >= 4 is 11.9 Å². The topological polar surface area (TPSA) is 92.4 Å². The van der Waals surface area contributed by atoms with Crippen LogP contribution in [0.1, 0.15) is 20.3 Å². The highest BCUT2D eigenvalue weighted by atomic mass is 16.4. The number of nitrogens with one attached hydrogen (secondary N) is 1. The zero-order chi connectivity index (χ0) is 10.4. The molecular formula is C8H14N2O3. The number of rotatable bonds is 4. The molecule has 0 bridgehead atoms. The third-order valence-corrected chi connectivity index (χ3v) is 1.63. The molecule has 5 nitrogen and oxygen atoms in total. The highest BCUT2D eigenvalue weighted by Gasteiger charge is 2.08. The lowest BCUT2D eigenvalue weighted by molar-refractivity contribution is -0.137. The van der Waals surface area contributed by atoms with Crippen LogP contribution < -0.4 is 11.1 Å². The Morgan fingerprint density at radius 1 is 1.46 bits per heavy atom. The van der Waals surface area contributed by atoms with E-state index in [0.29, 0.717) is 6.42 Å². The fourth-order valence-corrected chi connectivity index (χ4v) is 0.635. The molecule has 0 saturated heterocycles. The first-order chi connectivity index (χ1) is 5.99. The zero-order valence-corrected chi connectivity index (χ0v) is 7.76. The van der Waals surface area contributed by atoms with Crippen LogP contribution in [0.25, 0.3) is 0 Å². The van der Waals surface area contributed by atoms with Crippen molar-refractivity contribution in [2.45, 2.75) is 20.3 Å². The summed E-state index contributed by atoms with van der Waals surface area (Å²) in [5.74, 6) is -1.61. The molecule has 0 atom stereocenters. The molecule has 0 saturated carbocycles. The SMILES string of the molecule is CC/C(C)=C(/N)C(=O)NCC(=O)O. The number of carbonyl (C=O) groups excluding carboxylic acids is 1. The van der Waals surface area contributed by atoms with Gasteiger partial charge in [-0.2, -0.15) is 0 Å². The van der Waals surface area contributed by atoms with Gasteiger partial charge in [0.15, 0.2) is 0 Å². The van der Waals surface area contributed by atoms with Crippen molar-refractivity contribution in [3.8, 4) is 0 Å². The van der Waals surface area contributed by atoms with Gasteiger partial charge in [0, 0.05) is 0 Å². The summed E-state index contributed by atoms with van der Waals surface area (Å²) in [6.07, 6.45) is 0.673. The van der Waals surface area contributed by atoms with E-state index in [-0.39, 0.29) is 5.70 Å². The molecule has 0 heterocycles. The molecule has 0 aliphatic rings. The van der Waals surface area contributed by atoms with Crippen molar-refractivity contribution in [1.82, 2.24) is 5.32 Å². The Hall–Kier alpha value is -1.52. The average molecular weight is 186 g/mol. The van der Waals surface area contributed by atoms with E-state index < -0.39 is 18.4 Å². The number of carbonyl (C=O) groups is 2. The highest BCUT2D eigenvalue weighted by Crippen LogP contribution is 2.01. The summed E-state index contributed by atoms with van der Waals surface area (Å²) in [6, 6.07) is 0. The Bertz CT molecular complexity index is 246. The largest absolute Gasteiger partial charge is 0.480 e. The van der Waals surface area contributed by atoms with Crippen LogP contribution >= 0.6 is 0 Å². The molecule has 0 radical (unpaired) electrons. The summed E-state index contributed by atoms with van der Waals surface area (Å²) >= 11 is 0. The van der Waals surface area contributed by atoms with Crippen LogP contribution in [-0.2, 0) is 9.59 Å². The quantitative estimate of drug-likeness (QED) is 0.531. The third-order valence-electron chi connectivity index (χ3n) is 1.63. The monoisotopic (exact) mass is 186 g/mol. The van der Waals surface area contributed by atoms with Gasteiger partial charge in [0.25, 0.3) is 5.91 Å². The smallest absolute Gasteiger partial charge is 0.322 e. The lowest BCUT2D eigenvalue weighted by atomic mass is 10.2. The zero-order valence-electron chi connectivity index (χ0n) is 7.76. The van der Waals surface area contributed by atoms with E-state index in [9.17, 15) is 9.59 Å². The number of amides is 1. The van der Waals surface area contributed by atoms with Crippen LogP contribution in [0.3, 0.4) is 0 Å². The molecule has 0 rings (SSSR count). The minimum atomic E-state index is -1.09. The normalized spacial score (nSPS) is 11.8. The summed E-state index contributed by atoms with van der Waals surface area (Å²) < 4.78 is 0. The minimum Gasteiger partial charge on any atom is -0.480 e. The molecule has 0 aromatic carbocycles. The second-order valence-electron chi connectivity index (χ2n) is 2.62. The van der Waals surface area contributed by atoms with Crippen molar-refractivity contribution < 1.29 is 14.7 Å². The molecule has 74 valence electrons. The van der Waals surface area contributed by atoms with E-state index in [1.54, 1.807) is 6.92 Å². The van der Waals surface area contributed by atoms with Gasteiger partial charge in [0.05, 0.1) is 5.70 Å². The lowest BCUT2D eigenvalue weighted by Gasteiger charge is -2.05. The van der Waals surface area contributed by atoms with Crippen molar-refractivity contribution in [1.29, 1.82) is 0 Å². The van der Waals surface area contributed by atoms with E-state index in [0.717, 1.165) is 5.57 Å². The molecule has 0 aliphatic carbocycles. The lowest BCUT2D eigenvalue weighted by Crippen LogP contribution is -2.33. The van der Waals surface area contributed by atoms with Gasteiger partial charge in [-0.15, -0.1) is 0 Å². The summed E-state index contributed by atoms with van der Waals surface area (Å²) in [5, 5.41) is 10.4. The van der Waals surface area contributed by atoms with Gasteiger partial charge >= 0.3 is 5.97 Å². The fourth-order valence-electron chi connectivity index (χ4n) is 0.635. The van der Waals surface area contributed by atoms with E-state index >= 15 is 0 Å². The first kappa shape index (κ1) is 11.5. The second kappa shape index (κ2) is 5.18. The number of aliphatic carboxylic acids is 1. The molecule has 0 unspecified atom stereocenters. The van der Waals surface area contributed by atoms with Crippen LogP contribution in [0.15, 0.2) is 11.3 Å². The molecule has 0 aliphatic heterocycles. The summed E-state index contributed by atoms with van der Waals surface area (Å²) in [7, 11) is 0. The number of carboxylic acids is 1. The van der Waals surface area contributed by atoms with Crippen molar-refractivity contribution in [3.05, 3.63) is 11.3 Å². The van der Waals surface area contributed by atoms with Gasteiger partial charge in [-0.05, 0) is 18.9 Å². The molecule has 13 heavy (non-hydrogen) atoms. The Balaban J connectivity index is 4.19. The first-order valence-electron chi connectivity index (χ1n) is 3.94. The van der Waals surface area contributed by atoms with Crippen LogP contribution in [0.2, 0.25) is 0 Å². The molecule has 1 amide bonds. The maximum absolute atomic E-state index is 11.1.